The summed E-state index contributed by atoms with van der Waals surface area (Å²) in [6.07, 6.45) is 2.07. The van der Waals surface area contributed by atoms with Crippen LogP contribution in [0, 0.1) is 11.6 Å². The Bertz CT molecular complexity index is 1050. The van der Waals surface area contributed by atoms with E-state index in [1.165, 1.54) is 0 Å². The molecule has 0 aromatic heterocycles. The van der Waals surface area contributed by atoms with Crippen molar-refractivity contribution < 1.29 is 23.2 Å². The number of nitrogens with zero attached hydrogens (tertiary/aromatic N) is 3. The van der Waals surface area contributed by atoms with Crippen LogP contribution in [-0.4, -0.2) is 69.8 Å². The van der Waals surface area contributed by atoms with Crippen molar-refractivity contribution in [3.8, 4) is 0 Å². The third kappa shape index (κ3) is 5.62. The maximum Gasteiger partial charge on any atom is 0.222 e. The molecule has 1 unspecified atom stereocenters. The van der Waals surface area contributed by atoms with Crippen molar-refractivity contribution in [1.29, 1.82) is 0 Å². The molecule has 0 bridgehead atoms. The number of aliphatic hydroxyl groups is 1. The first-order chi connectivity index (χ1) is 16.6. The Hall–Kier alpha value is -2.63. The lowest BCUT2D eigenvalue weighted by Gasteiger charge is -2.39. The topological polar surface area (TPSA) is 117 Å². The zero-order valence-corrected chi connectivity index (χ0v) is 20.5. The number of nitrogens with one attached hydrogen (secondary N) is 1. The average Bonchev–Trinajstić information content (AvgIpc) is 3.16. The van der Waals surface area contributed by atoms with Crippen molar-refractivity contribution in [2.24, 2.45) is 10.7 Å². The van der Waals surface area contributed by atoms with Gasteiger partial charge in [-0.3, -0.25) is 4.79 Å². The van der Waals surface area contributed by atoms with E-state index in [0.717, 1.165) is 18.2 Å². The first kappa shape index (κ1) is 25.5. The van der Waals surface area contributed by atoms with E-state index in [4.69, 9.17) is 5.73 Å². The number of amides is 1. The van der Waals surface area contributed by atoms with Crippen LogP contribution in [0.1, 0.15) is 37.7 Å². The summed E-state index contributed by atoms with van der Waals surface area (Å²) in [5, 5.41) is 14.3. The molecule has 2 saturated heterocycles. The number of rotatable bonds is 5. The fraction of sp³-hybridized carbons (Fsp3) is 0.500. The maximum absolute atomic E-state index is 13.6. The molecule has 0 aliphatic carbocycles. The van der Waals surface area contributed by atoms with Crippen molar-refractivity contribution in [3.05, 3.63) is 58.3 Å². The van der Waals surface area contributed by atoms with Gasteiger partial charge in [-0.25, -0.2) is 13.8 Å². The van der Waals surface area contributed by atoms with Gasteiger partial charge in [0.05, 0.1) is 11.3 Å². The number of aliphatic imine (C=N–C) groups is 1. The molecule has 3 aliphatic heterocycles. The molecule has 1 aromatic rings. The number of carbonyl (C=O) groups excluding carboxylic acids is 1. The zero-order chi connectivity index (χ0) is 25.3. The number of halogens is 2. The molecule has 3 aliphatic rings. The predicted octanol–water partition coefficient (Wildman–Crippen LogP) is 1.65. The van der Waals surface area contributed by atoms with Crippen LogP contribution in [0.4, 0.5) is 8.78 Å². The van der Waals surface area contributed by atoms with E-state index in [-0.39, 0.29) is 36.3 Å². The van der Waals surface area contributed by atoms with E-state index in [2.05, 4.69) is 16.9 Å². The van der Waals surface area contributed by atoms with E-state index in [1.807, 2.05) is 0 Å². The van der Waals surface area contributed by atoms with Crippen molar-refractivity contribution in [3.63, 3.8) is 0 Å². The van der Waals surface area contributed by atoms with Gasteiger partial charge in [-0.15, -0.1) is 0 Å². The summed E-state index contributed by atoms with van der Waals surface area (Å²) in [5.74, 6) is -0.696. The lowest BCUT2D eigenvalue weighted by atomic mass is 9.84. The standard InChI is InChI=1S/C24H31F2N5O3S/c1-15(28-19-3-4-21(32)30(2)14-19)22-20(5-10-35(22)34)29-23(27)31-8-6-24(33,7-9-31)16-11-17(25)13-18(26)12-16/h11-13,19,28,33H,1,3-10,14H2,2H3,(H2,27,29)/t19-,35?/m0/s1. The highest BCUT2D eigenvalue weighted by Crippen LogP contribution is 2.35. The molecule has 2 fully saturated rings. The Balaban J connectivity index is 1.44. The average molecular weight is 508 g/mol. The quantitative estimate of drug-likeness (QED) is 0.317. The number of likely N-dealkylation sites (tertiary alicyclic amines) is 2. The largest absolute Gasteiger partial charge is 0.611 e. The number of carbonyl (C=O) groups is 1. The number of piperidine rings is 2. The number of likely N-dealkylation sites (N-methyl/N-ethyl adjacent to an activating group) is 1. The minimum absolute atomic E-state index is 0.0188. The molecule has 0 spiro atoms. The van der Waals surface area contributed by atoms with Crippen molar-refractivity contribution in [2.75, 3.05) is 32.4 Å². The second kappa shape index (κ2) is 10.2. The van der Waals surface area contributed by atoms with E-state index in [9.17, 15) is 23.2 Å². The van der Waals surface area contributed by atoms with E-state index in [1.54, 1.807) is 16.8 Å². The Morgan fingerprint density at radius 3 is 2.57 bits per heavy atom. The fourth-order valence-electron chi connectivity index (χ4n) is 4.82. The molecular formula is C24H31F2N5O3S. The third-order valence-corrected chi connectivity index (χ3v) is 8.37. The summed E-state index contributed by atoms with van der Waals surface area (Å²) >= 11 is -1.26. The van der Waals surface area contributed by atoms with Gasteiger partial charge in [-0.1, -0.05) is 6.58 Å². The molecule has 1 amide bonds. The Morgan fingerprint density at radius 2 is 1.94 bits per heavy atom. The van der Waals surface area contributed by atoms with Gasteiger partial charge in [0.2, 0.25) is 5.91 Å². The van der Waals surface area contributed by atoms with Gasteiger partial charge in [0.15, 0.2) is 10.9 Å². The van der Waals surface area contributed by atoms with Gasteiger partial charge in [0.25, 0.3) is 0 Å². The van der Waals surface area contributed by atoms with Crippen LogP contribution in [-0.2, 0) is 21.6 Å². The van der Waals surface area contributed by atoms with E-state index >= 15 is 0 Å². The second-order valence-corrected chi connectivity index (χ2v) is 10.9. The van der Waals surface area contributed by atoms with E-state index < -0.39 is 28.4 Å². The molecule has 4 rings (SSSR count). The summed E-state index contributed by atoms with van der Waals surface area (Å²) in [6, 6.07) is 3.10. The van der Waals surface area contributed by atoms with Crippen molar-refractivity contribution in [2.45, 2.75) is 43.7 Å². The molecule has 2 atom stereocenters. The Kier molecular flexibility index (Phi) is 7.39. The van der Waals surface area contributed by atoms with Crippen molar-refractivity contribution in [1.82, 2.24) is 15.1 Å². The molecule has 35 heavy (non-hydrogen) atoms. The van der Waals surface area contributed by atoms with Crippen LogP contribution in [0.25, 0.3) is 0 Å². The van der Waals surface area contributed by atoms with Crippen LogP contribution in [0.2, 0.25) is 0 Å². The smallest absolute Gasteiger partial charge is 0.222 e. The molecule has 11 heteroatoms. The van der Waals surface area contributed by atoms with Crippen LogP contribution in [0.5, 0.6) is 0 Å². The lowest BCUT2D eigenvalue weighted by molar-refractivity contribution is -0.132. The maximum atomic E-state index is 13.6. The zero-order valence-electron chi connectivity index (χ0n) is 19.7. The molecule has 4 N–H and O–H groups in total. The van der Waals surface area contributed by atoms with Gasteiger partial charge in [-0.2, -0.15) is 0 Å². The Labute approximate surface area is 206 Å². The minimum atomic E-state index is -1.36. The molecule has 3 heterocycles. The fourth-order valence-corrected chi connectivity index (χ4v) is 6.15. The third-order valence-electron chi connectivity index (χ3n) is 6.86. The van der Waals surface area contributed by atoms with Gasteiger partial charge in [-0.05, 0) is 48.1 Å². The Morgan fingerprint density at radius 1 is 1.29 bits per heavy atom. The van der Waals surface area contributed by atoms with Crippen LogP contribution < -0.4 is 11.1 Å². The monoisotopic (exact) mass is 507 g/mol. The lowest BCUT2D eigenvalue weighted by Crippen LogP contribution is -2.48. The molecule has 0 radical (unpaired) electrons. The highest BCUT2D eigenvalue weighted by molar-refractivity contribution is 7.95. The highest BCUT2D eigenvalue weighted by atomic mass is 32.2. The summed E-state index contributed by atoms with van der Waals surface area (Å²) in [6.45, 7) is 5.31. The number of guanidine groups is 1. The van der Waals surface area contributed by atoms with Crippen LogP contribution in [0.3, 0.4) is 0 Å². The van der Waals surface area contributed by atoms with Gasteiger partial charge in [0, 0.05) is 51.6 Å². The van der Waals surface area contributed by atoms with Crippen LogP contribution in [0.15, 0.2) is 46.1 Å². The molecule has 1 aromatic carbocycles. The first-order valence-corrected chi connectivity index (χ1v) is 13.0. The van der Waals surface area contributed by atoms with Crippen molar-refractivity contribution >= 4 is 23.0 Å². The molecular weight excluding hydrogens is 476 g/mol. The minimum Gasteiger partial charge on any atom is -0.611 e. The number of hydrogen-bond donors (Lipinski definition) is 3. The molecule has 0 saturated carbocycles. The van der Waals surface area contributed by atoms with Gasteiger partial charge in [0.1, 0.15) is 23.1 Å². The highest BCUT2D eigenvalue weighted by Gasteiger charge is 2.37. The predicted molar refractivity (Wildman–Crippen MR) is 130 cm³/mol. The second-order valence-electron chi connectivity index (χ2n) is 9.35. The number of benzene rings is 1. The van der Waals surface area contributed by atoms with Gasteiger partial charge < -0.3 is 30.5 Å². The number of hydrogen-bond acceptors (Lipinski definition) is 5. The van der Waals surface area contributed by atoms with E-state index in [0.29, 0.717) is 60.9 Å². The summed E-state index contributed by atoms with van der Waals surface area (Å²) in [5.41, 5.74) is 6.26. The normalized spacial score (nSPS) is 25.3. The number of nitrogens with two attached hydrogens (primary N) is 1. The first-order valence-electron chi connectivity index (χ1n) is 11.6. The van der Waals surface area contributed by atoms with Gasteiger partial charge >= 0.3 is 0 Å². The summed E-state index contributed by atoms with van der Waals surface area (Å²) in [7, 11) is 1.76. The molecule has 8 nitrogen and oxygen atoms in total. The summed E-state index contributed by atoms with van der Waals surface area (Å²) < 4.78 is 40.0. The molecule has 190 valence electrons. The summed E-state index contributed by atoms with van der Waals surface area (Å²) in [4.78, 5) is 20.3. The van der Waals surface area contributed by atoms with Crippen LogP contribution >= 0.6 is 0 Å². The SMILES string of the molecule is C=C(N[C@H]1CCC(=O)N(C)C1)C1=C(/N=C(\N)N2CCC(O)(c3cc(F)cc(F)c3)CC2)CC[S+]1[O-]. The number of allylic oxidation sites excluding steroid dienone is 1.